The van der Waals surface area contributed by atoms with Crippen LogP contribution in [0.25, 0.3) is 0 Å². The van der Waals surface area contributed by atoms with E-state index < -0.39 is 0 Å². The van der Waals surface area contributed by atoms with Gasteiger partial charge in [0.25, 0.3) is 5.91 Å². The molecule has 1 saturated heterocycles. The van der Waals surface area contributed by atoms with Crippen LogP contribution in [-0.4, -0.2) is 58.8 Å². The van der Waals surface area contributed by atoms with Crippen LogP contribution in [0.4, 0.5) is 0 Å². The summed E-state index contributed by atoms with van der Waals surface area (Å²) < 4.78 is 5.29. The van der Waals surface area contributed by atoms with E-state index in [1.807, 2.05) is 4.90 Å². The van der Waals surface area contributed by atoms with Crippen LogP contribution in [0.1, 0.15) is 35.6 Å². The van der Waals surface area contributed by atoms with Gasteiger partial charge in [-0.15, -0.1) is 0 Å². The molecule has 0 spiro atoms. The Balaban J connectivity index is 1.72. The lowest BCUT2D eigenvalue weighted by Crippen LogP contribution is -2.41. The van der Waals surface area contributed by atoms with Crippen LogP contribution in [0.5, 0.6) is 0 Å². The molecule has 6 nitrogen and oxygen atoms in total. The van der Waals surface area contributed by atoms with Crippen molar-refractivity contribution in [3.8, 4) is 0 Å². The molecule has 20 heavy (non-hydrogen) atoms. The minimum Gasteiger partial charge on any atom is -0.378 e. The van der Waals surface area contributed by atoms with Crippen LogP contribution < -0.4 is 0 Å². The van der Waals surface area contributed by atoms with E-state index in [0.717, 1.165) is 30.9 Å². The Hall–Kier alpha value is -1.40. The summed E-state index contributed by atoms with van der Waals surface area (Å²) in [5.74, 6) is 0.669. The highest BCUT2D eigenvalue weighted by Crippen LogP contribution is 2.25. The quantitative estimate of drug-likeness (QED) is 0.890. The summed E-state index contributed by atoms with van der Waals surface area (Å²) in [6.45, 7) is 9.75. The minimum absolute atomic E-state index is 0.0391. The standard InChI is InChI=1S/C14H22N4O2/c1-10(2)7-17-8-11-12(9-17)15-16-13(11)14(19)18-3-5-20-6-4-18/h10H,3-9H2,1-2H3,(H,15,16). The first-order valence-corrected chi connectivity index (χ1v) is 7.30. The minimum atomic E-state index is 0.0391. The molecule has 1 amide bonds. The number of H-pyrrole nitrogens is 1. The second-order valence-corrected chi connectivity index (χ2v) is 6.00. The predicted octanol–water partition coefficient (Wildman–Crippen LogP) is 0.854. The van der Waals surface area contributed by atoms with E-state index in [1.165, 1.54) is 0 Å². The molecular weight excluding hydrogens is 256 g/mol. The molecule has 1 fully saturated rings. The van der Waals surface area contributed by atoms with Gasteiger partial charge in [-0.25, -0.2) is 0 Å². The summed E-state index contributed by atoms with van der Waals surface area (Å²) in [5, 5.41) is 7.28. The number of hydrogen-bond acceptors (Lipinski definition) is 4. The van der Waals surface area contributed by atoms with Gasteiger partial charge in [-0.1, -0.05) is 13.8 Å². The molecule has 2 aliphatic rings. The van der Waals surface area contributed by atoms with Gasteiger partial charge in [-0.3, -0.25) is 14.8 Å². The number of morpholine rings is 1. The first-order chi connectivity index (χ1) is 9.65. The molecule has 0 bridgehead atoms. The fourth-order valence-corrected chi connectivity index (χ4v) is 2.94. The SMILES string of the molecule is CC(C)CN1Cc2[nH]nc(C(=O)N3CCOCC3)c2C1. The zero-order valence-corrected chi connectivity index (χ0v) is 12.2. The van der Waals surface area contributed by atoms with Gasteiger partial charge in [0.05, 0.1) is 18.9 Å². The van der Waals surface area contributed by atoms with Crippen LogP contribution in [0.2, 0.25) is 0 Å². The molecule has 1 aromatic rings. The Morgan fingerprint density at radius 1 is 1.35 bits per heavy atom. The fourth-order valence-electron chi connectivity index (χ4n) is 2.94. The predicted molar refractivity (Wildman–Crippen MR) is 74.3 cm³/mol. The Morgan fingerprint density at radius 2 is 2.10 bits per heavy atom. The van der Waals surface area contributed by atoms with Crippen LogP contribution in [0, 0.1) is 5.92 Å². The first-order valence-electron chi connectivity index (χ1n) is 7.30. The summed E-state index contributed by atoms with van der Waals surface area (Å²) in [5.41, 5.74) is 2.79. The number of aromatic amines is 1. The lowest BCUT2D eigenvalue weighted by atomic mass is 10.2. The van der Waals surface area contributed by atoms with Crippen LogP contribution in [-0.2, 0) is 17.8 Å². The third-order valence-corrected chi connectivity index (χ3v) is 3.84. The first kappa shape index (κ1) is 13.6. The molecule has 6 heteroatoms. The largest absolute Gasteiger partial charge is 0.378 e. The summed E-state index contributed by atoms with van der Waals surface area (Å²) in [4.78, 5) is 16.7. The molecule has 1 aromatic heterocycles. The number of ether oxygens (including phenoxy) is 1. The molecule has 0 unspecified atom stereocenters. The highest BCUT2D eigenvalue weighted by molar-refractivity contribution is 5.94. The molecule has 1 N–H and O–H groups in total. The smallest absolute Gasteiger partial charge is 0.274 e. The Bertz CT molecular complexity index is 491. The van der Waals surface area contributed by atoms with Crippen molar-refractivity contribution in [2.45, 2.75) is 26.9 Å². The zero-order valence-electron chi connectivity index (χ0n) is 12.2. The fraction of sp³-hybridized carbons (Fsp3) is 0.714. The van der Waals surface area contributed by atoms with E-state index >= 15 is 0 Å². The number of fused-ring (bicyclic) bond motifs is 1. The zero-order chi connectivity index (χ0) is 14.1. The normalized spacial score (nSPS) is 19.6. The van der Waals surface area contributed by atoms with Gasteiger partial charge in [0.15, 0.2) is 5.69 Å². The van der Waals surface area contributed by atoms with Gasteiger partial charge in [0.1, 0.15) is 0 Å². The Morgan fingerprint density at radius 3 is 2.80 bits per heavy atom. The summed E-state index contributed by atoms with van der Waals surface area (Å²) in [6, 6.07) is 0. The highest BCUT2D eigenvalue weighted by Gasteiger charge is 2.30. The van der Waals surface area contributed by atoms with Crippen molar-refractivity contribution < 1.29 is 9.53 Å². The maximum Gasteiger partial charge on any atom is 0.274 e. The van der Waals surface area contributed by atoms with Crippen molar-refractivity contribution in [2.75, 3.05) is 32.8 Å². The van der Waals surface area contributed by atoms with Crippen molar-refractivity contribution in [1.29, 1.82) is 0 Å². The van der Waals surface area contributed by atoms with Crippen LogP contribution >= 0.6 is 0 Å². The van der Waals surface area contributed by atoms with Gasteiger partial charge < -0.3 is 9.64 Å². The number of nitrogens with one attached hydrogen (secondary N) is 1. The molecule has 0 aliphatic carbocycles. The molecule has 3 heterocycles. The summed E-state index contributed by atoms with van der Waals surface area (Å²) >= 11 is 0. The third-order valence-electron chi connectivity index (χ3n) is 3.84. The second kappa shape index (κ2) is 5.54. The molecule has 3 rings (SSSR count). The van der Waals surface area contributed by atoms with Crippen molar-refractivity contribution >= 4 is 5.91 Å². The maximum absolute atomic E-state index is 12.5. The molecule has 0 atom stereocenters. The Labute approximate surface area is 119 Å². The van der Waals surface area contributed by atoms with Gasteiger partial charge >= 0.3 is 0 Å². The number of rotatable bonds is 3. The molecule has 2 aliphatic heterocycles. The number of aromatic nitrogens is 2. The van der Waals surface area contributed by atoms with Gasteiger partial charge in [0.2, 0.25) is 0 Å². The molecule has 110 valence electrons. The van der Waals surface area contributed by atoms with E-state index in [0.29, 0.717) is 37.9 Å². The van der Waals surface area contributed by atoms with Crippen molar-refractivity contribution in [1.82, 2.24) is 20.0 Å². The van der Waals surface area contributed by atoms with E-state index in [4.69, 9.17) is 4.74 Å². The summed E-state index contributed by atoms with van der Waals surface area (Å²) in [7, 11) is 0. The molecule has 0 aromatic carbocycles. The van der Waals surface area contributed by atoms with Crippen molar-refractivity contribution in [3.05, 3.63) is 17.0 Å². The highest BCUT2D eigenvalue weighted by atomic mass is 16.5. The van der Waals surface area contributed by atoms with Crippen molar-refractivity contribution in [3.63, 3.8) is 0 Å². The van der Waals surface area contributed by atoms with E-state index in [2.05, 4.69) is 28.9 Å². The monoisotopic (exact) mass is 278 g/mol. The van der Waals surface area contributed by atoms with E-state index in [-0.39, 0.29) is 5.91 Å². The average Bonchev–Trinajstić information content (AvgIpc) is 2.98. The number of hydrogen-bond donors (Lipinski definition) is 1. The Kier molecular flexibility index (Phi) is 3.76. The lowest BCUT2D eigenvalue weighted by Gasteiger charge is -2.26. The average molecular weight is 278 g/mol. The van der Waals surface area contributed by atoms with Crippen molar-refractivity contribution in [2.24, 2.45) is 5.92 Å². The number of carbonyl (C=O) groups excluding carboxylic acids is 1. The van der Waals surface area contributed by atoms with E-state index in [9.17, 15) is 4.79 Å². The van der Waals surface area contributed by atoms with Crippen LogP contribution in [0.3, 0.4) is 0 Å². The number of carbonyl (C=O) groups is 1. The van der Waals surface area contributed by atoms with E-state index in [1.54, 1.807) is 0 Å². The molecular formula is C14H22N4O2. The van der Waals surface area contributed by atoms with Crippen LogP contribution in [0.15, 0.2) is 0 Å². The lowest BCUT2D eigenvalue weighted by molar-refractivity contribution is 0.0298. The molecule has 0 radical (unpaired) electrons. The van der Waals surface area contributed by atoms with Gasteiger partial charge in [-0.2, -0.15) is 5.10 Å². The van der Waals surface area contributed by atoms with Gasteiger partial charge in [0, 0.05) is 38.3 Å². The number of amides is 1. The summed E-state index contributed by atoms with van der Waals surface area (Å²) in [6.07, 6.45) is 0. The third kappa shape index (κ3) is 2.58. The number of nitrogens with zero attached hydrogens (tertiary/aromatic N) is 3. The molecule has 0 saturated carbocycles. The maximum atomic E-state index is 12.5. The second-order valence-electron chi connectivity index (χ2n) is 6.00. The van der Waals surface area contributed by atoms with Gasteiger partial charge in [-0.05, 0) is 5.92 Å². The topological polar surface area (TPSA) is 61.5 Å².